The summed E-state index contributed by atoms with van der Waals surface area (Å²) in [4.78, 5) is 38.1. The number of amides is 4. The fourth-order valence-electron chi connectivity index (χ4n) is 3.80. The minimum Gasteiger partial charge on any atom is -0.352 e. The Bertz CT molecular complexity index is 503. The van der Waals surface area contributed by atoms with Crippen molar-refractivity contribution < 1.29 is 14.4 Å². The van der Waals surface area contributed by atoms with Crippen molar-refractivity contribution in [1.82, 2.24) is 15.5 Å². The van der Waals surface area contributed by atoms with Crippen LogP contribution < -0.4 is 10.6 Å². The van der Waals surface area contributed by atoms with Crippen LogP contribution in [0.2, 0.25) is 0 Å². The Kier molecular flexibility index (Phi) is 3.87. The number of urea groups is 1. The van der Waals surface area contributed by atoms with Crippen molar-refractivity contribution >= 4 is 17.8 Å². The van der Waals surface area contributed by atoms with E-state index >= 15 is 0 Å². The second-order valence-electron chi connectivity index (χ2n) is 7.13. The maximum Gasteiger partial charge on any atom is 0.325 e. The van der Waals surface area contributed by atoms with E-state index in [0.29, 0.717) is 12.3 Å². The molecule has 122 valence electrons. The molecule has 3 unspecified atom stereocenters. The van der Waals surface area contributed by atoms with Crippen LogP contribution in [-0.4, -0.2) is 40.9 Å². The SMILES string of the molecule is CC(NC(=O)CN1C(=O)NC2(CCCCC2C)C1=O)C1CC1. The summed E-state index contributed by atoms with van der Waals surface area (Å²) < 4.78 is 0. The second-order valence-corrected chi connectivity index (χ2v) is 7.13. The predicted molar refractivity (Wildman–Crippen MR) is 80.9 cm³/mol. The molecule has 3 rings (SSSR count). The fourth-order valence-corrected chi connectivity index (χ4v) is 3.80. The number of nitrogens with one attached hydrogen (secondary N) is 2. The molecule has 1 saturated heterocycles. The Morgan fingerprint density at radius 3 is 2.73 bits per heavy atom. The first-order chi connectivity index (χ1) is 10.4. The zero-order chi connectivity index (χ0) is 15.9. The monoisotopic (exact) mass is 307 g/mol. The molecule has 2 aliphatic carbocycles. The molecule has 3 aliphatic rings. The maximum absolute atomic E-state index is 12.7. The highest BCUT2D eigenvalue weighted by Gasteiger charge is 2.55. The Hall–Kier alpha value is -1.59. The zero-order valence-corrected chi connectivity index (χ0v) is 13.4. The number of imide groups is 1. The van der Waals surface area contributed by atoms with Crippen molar-refractivity contribution in [3.63, 3.8) is 0 Å². The molecule has 3 atom stereocenters. The normalized spacial score (nSPS) is 33.0. The van der Waals surface area contributed by atoms with Crippen molar-refractivity contribution in [3.8, 4) is 0 Å². The lowest BCUT2D eigenvalue weighted by Crippen LogP contribution is -2.54. The van der Waals surface area contributed by atoms with E-state index in [2.05, 4.69) is 10.6 Å². The molecule has 2 N–H and O–H groups in total. The second kappa shape index (κ2) is 5.56. The van der Waals surface area contributed by atoms with E-state index in [1.807, 2.05) is 13.8 Å². The van der Waals surface area contributed by atoms with Gasteiger partial charge in [0.2, 0.25) is 5.91 Å². The summed E-state index contributed by atoms with van der Waals surface area (Å²) in [6.45, 7) is 3.82. The minimum atomic E-state index is -0.780. The summed E-state index contributed by atoms with van der Waals surface area (Å²) in [7, 11) is 0. The van der Waals surface area contributed by atoms with Crippen LogP contribution in [0.4, 0.5) is 4.79 Å². The Balaban J connectivity index is 1.65. The largest absolute Gasteiger partial charge is 0.352 e. The Morgan fingerprint density at radius 2 is 2.09 bits per heavy atom. The standard InChI is InChI=1S/C16H25N3O3/c1-10-5-3-4-8-16(10)14(21)19(15(22)18-16)9-13(20)17-11(2)12-6-7-12/h10-12H,3-9H2,1-2H3,(H,17,20)(H,18,22). The molecule has 1 heterocycles. The van der Waals surface area contributed by atoms with Crippen molar-refractivity contribution in [3.05, 3.63) is 0 Å². The lowest BCUT2D eigenvalue weighted by Gasteiger charge is -2.36. The molecule has 1 aliphatic heterocycles. The van der Waals surface area contributed by atoms with Crippen LogP contribution in [0.1, 0.15) is 52.4 Å². The van der Waals surface area contributed by atoms with Crippen molar-refractivity contribution in [2.45, 2.75) is 64.0 Å². The van der Waals surface area contributed by atoms with Gasteiger partial charge in [0, 0.05) is 6.04 Å². The average Bonchev–Trinajstić information content (AvgIpc) is 3.28. The van der Waals surface area contributed by atoms with Crippen LogP contribution >= 0.6 is 0 Å². The van der Waals surface area contributed by atoms with Crippen LogP contribution in [0, 0.1) is 11.8 Å². The first kappa shape index (κ1) is 15.3. The topological polar surface area (TPSA) is 78.5 Å². The highest BCUT2D eigenvalue weighted by atomic mass is 16.2. The van der Waals surface area contributed by atoms with Crippen molar-refractivity contribution in [2.24, 2.45) is 11.8 Å². The van der Waals surface area contributed by atoms with Gasteiger partial charge in [-0.25, -0.2) is 4.79 Å². The molecule has 22 heavy (non-hydrogen) atoms. The molecule has 0 aromatic carbocycles. The molecular formula is C16H25N3O3. The number of hydrogen-bond acceptors (Lipinski definition) is 3. The molecule has 6 nitrogen and oxygen atoms in total. The third kappa shape index (κ3) is 2.59. The summed E-state index contributed by atoms with van der Waals surface area (Å²) in [5, 5.41) is 5.77. The zero-order valence-electron chi connectivity index (χ0n) is 13.4. The van der Waals surface area contributed by atoms with Gasteiger partial charge in [-0.15, -0.1) is 0 Å². The van der Waals surface area contributed by atoms with E-state index in [1.165, 1.54) is 0 Å². The van der Waals surface area contributed by atoms with Crippen LogP contribution in [0.15, 0.2) is 0 Å². The highest BCUT2D eigenvalue weighted by Crippen LogP contribution is 2.38. The van der Waals surface area contributed by atoms with Crippen LogP contribution in [0.5, 0.6) is 0 Å². The predicted octanol–water partition coefficient (Wildman–Crippen LogP) is 1.40. The van der Waals surface area contributed by atoms with E-state index in [-0.39, 0.29) is 30.3 Å². The first-order valence-corrected chi connectivity index (χ1v) is 8.37. The first-order valence-electron chi connectivity index (χ1n) is 8.37. The maximum atomic E-state index is 12.7. The summed E-state index contributed by atoms with van der Waals surface area (Å²) in [6.07, 6.45) is 5.93. The van der Waals surface area contributed by atoms with Gasteiger partial charge in [0.05, 0.1) is 0 Å². The van der Waals surface area contributed by atoms with E-state index in [1.54, 1.807) is 0 Å². The Labute approximate surface area is 131 Å². The molecule has 0 aromatic rings. The summed E-state index contributed by atoms with van der Waals surface area (Å²) in [5.74, 6) is 0.204. The third-order valence-corrected chi connectivity index (χ3v) is 5.52. The van der Waals surface area contributed by atoms with Crippen molar-refractivity contribution in [1.29, 1.82) is 0 Å². The van der Waals surface area contributed by atoms with Gasteiger partial charge in [-0.1, -0.05) is 19.8 Å². The van der Waals surface area contributed by atoms with Crippen LogP contribution in [0.25, 0.3) is 0 Å². The molecule has 0 aromatic heterocycles. The fraction of sp³-hybridized carbons (Fsp3) is 0.812. The third-order valence-electron chi connectivity index (χ3n) is 5.52. The van der Waals surface area contributed by atoms with Gasteiger partial charge in [0.1, 0.15) is 12.1 Å². The van der Waals surface area contributed by atoms with Gasteiger partial charge in [0.25, 0.3) is 5.91 Å². The summed E-state index contributed by atoms with van der Waals surface area (Å²) >= 11 is 0. The Morgan fingerprint density at radius 1 is 1.36 bits per heavy atom. The number of carbonyl (C=O) groups excluding carboxylic acids is 3. The van der Waals surface area contributed by atoms with Crippen LogP contribution in [0.3, 0.4) is 0 Å². The van der Waals surface area contributed by atoms with Crippen LogP contribution in [-0.2, 0) is 9.59 Å². The van der Waals surface area contributed by atoms with Gasteiger partial charge >= 0.3 is 6.03 Å². The quantitative estimate of drug-likeness (QED) is 0.771. The van der Waals surface area contributed by atoms with Gasteiger partial charge in [-0.2, -0.15) is 0 Å². The molecule has 1 spiro atoms. The molecule has 0 bridgehead atoms. The number of carbonyl (C=O) groups is 3. The van der Waals surface area contributed by atoms with E-state index in [9.17, 15) is 14.4 Å². The van der Waals surface area contributed by atoms with Crippen molar-refractivity contribution in [2.75, 3.05) is 6.54 Å². The molecule has 2 saturated carbocycles. The molecule has 6 heteroatoms. The van der Waals surface area contributed by atoms with Gasteiger partial charge in [0.15, 0.2) is 0 Å². The number of nitrogens with zero attached hydrogens (tertiary/aromatic N) is 1. The summed E-state index contributed by atoms with van der Waals surface area (Å²) in [6, 6.07) is -0.302. The number of hydrogen-bond donors (Lipinski definition) is 2. The molecular weight excluding hydrogens is 282 g/mol. The lowest BCUT2D eigenvalue weighted by atomic mass is 9.73. The lowest BCUT2D eigenvalue weighted by molar-refractivity contribution is -0.137. The molecule has 4 amide bonds. The highest BCUT2D eigenvalue weighted by molar-refractivity contribution is 6.09. The number of rotatable bonds is 4. The van der Waals surface area contributed by atoms with E-state index in [0.717, 1.165) is 37.0 Å². The minimum absolute atomic E-state index is 0.121. The van der Waals surface area contributed by atoms with E-state index < -0.39 is 11.6 Å². The summed E-state index contributed by atoms with van der Waals surface area (Å²) in [5.41, 5.74) is -0.780. The van der Waals surface area contributed by atoms with Gasteiger partial charge < -0.3 is 10.6 Å². The smallest absolute Gasteiger partial charge is 0.325 e. The average molecular weight is 307 g/mol. The molecule has 0 radical (unpaired) electrons. The molecule has 3 fully saturated rings. The van der Waals surface area contributed by atoms with Gasteiger partial charge in [-0.3, -0.25) is 14.5 Å². The van der Waals surface area contributed by atoms with Gasteiger partial charge in [-0.05, 0) is 44.4 Å². The van der Waals surface area contributed by atoms with E-state index in [4.69, 9.17) is 0 Å².